The van der Waals surface area contributed by atoms with Crippen molar-refractivity contribution in [2.75, 3.05) is 13.1 Å². The average Bonchev–Trinajstić information content (AvgIpc) is 3.18. The fourth-order valence-electron chi connectivity index (χ4n) is 3.45. The van der Waals surface area contributed by atoms with Gasteiger partial charge < -0.3 is 4.98 Å². The summed E-state index contributed by atoms with van der Waals surface area (Å²) < 4.78 is 1.90. The van der Waals surface area contributed by atoms with Gasteiger partial charge in [-0.2, -0.15) is 5.10 Å². The van der Waals surface area contributed by atoms with Crippen molar-refractivity contribution in [1.82, 2.24) is 29.5 Å². The van der Waals surface area contributed by atoms with Gasteiger partial charge in [-0.1, -0.05) is 0 Å². The summed E-state index contributed by atoms with van der Waals surface area (Å²) in [5.41, 5.74) is 5.67. The Morgan fingerprint density at radius 3 is 2.83 bits per heavy atom. The third-order valence-electron chi connectivity index (χ3n) is 4.87. The van der Waals surface area contributed by atoms with Gasteiger partial charge >= 0.3 is 0 Å². The number of hydrogen-bond acceptors (Lipinski definition) is 4. The number of fused-ring (bicyclic) bond motifs is 1. The maximum Gasteiger partial charge on any atom is 0.155 e. The molecule has 1 N–H and O–H groups in total. The number of hydrogen-bond donors (Lipinski definition) is 1. The minimum Gasteiger partial charge on any atom is -0.348 e. The summed E-state index contributed by atoms with van der Waals surface area (Å²) in [4.78, 5) is 14.9. The molecule has 0 spiro atoms. The molecule has 4 heterocycles. The predicted octanol–water partition coefficient (Wildman–Crippen LogP) is 2.45. The largest absolute Gasteiger partial charge is 0.348 e. The van der Waals surface area contributed by atoms with Gasteiger partial charge in [0.25, 0.3) is 0 Å². The van der Waals surface area contributed by atoms with E-state index < -0.39 is 0 Å². The van der Waals surface area contributed by atoms with E-state index in [1.165, 1.54) is 11.4 Å². The number of aryl methyl sites for hydroxylation is 2. The molecular formula is C17H22N6. The van der Waals surface area contributed by atoms with E-state index >= 15 is 0 Å². The molecule has 3 aromatic rings. The van der Waals surface area contributed by atoms with Crippen molar-refractivity contribution in [2.45, 2.75) is 39.2 Å². The van der Waals surface area contributed by atoms with Gasteiger partial charge in [0.05, 0.1) is 18.2 Å². The number of H-pyrrole nitrogens is 1. The number of piperidine rings is 1. The molecule has 6 heteroatoms. The highest BCUT2D eigenvalue weighted by Crippen LogP contribution is 2.28. The summed E-state index contributed by atoms with van der Waals surface area (Å²) in [6.45, 7) is 7.32. The molecule has 0 unspecified atom stereocenters. The molecule has 0 saturated carbocycles. The van der Waals surface area contributed by atoms with Gasteiger partial charge in [0.2, 0.25) is 0 Å². The molecule has 0 aliphatic carbocycles. The molecule has 3 aromatic heterocycles. The van der Waals surface area contributed by atoms with Gasteiger partial charge in [0.15, 0.2) is 5.65 Å². The van der Waals surface area contributed by atoms with Crippen LogP contribution in [0, 0.1) is 13.8 Å². The van der Waals surface area contributed by atoms with E-state index in [0.717, 1.165) is 49.5 Å². The summed E-state index contributed by atoms with van der Waals surface area (Å²) in [5, 5.41) is 4.30. The molecule has 120 valence electrons. The molecule has 1 saturated heterocycles. The second-order valence-electron chi connectivity index (χ2n) is 6.45. The number of aromatic nitrogens is 5. The maximum atomic E-state index is 4.80. The highest BCUT2D eigenvalue weighted by atomic mass is 15.2. The normalized spacial score (nSPS) is 17.1. The van der Waals surface area contributed by atoms with E-state index in [-0.39, 0.29) is 0 Å². The quantitative estimate of drug-likeness (QED) is 0.807. The lowest BCUT2D eigenvalue weighted by Gasteiger charge is -2.31. The van der Waals surface area contributed by atoms with Gasteiger partial charge in [-0.05, 0) is 45.8 Å². The van der Waals surface area contributed by atoms with E-state index in [0.29, 0.717) is 5.92 Å². The standard InChI is InChI=1S/C17H22N6/c1-12-9-15(21-17-3-6-20-23(12)17)14-4-7-22(8-5-14)10-16-13(2)18-11-19-16/h3,6,9,11,14H,4-5,7-8,10H2,1-2H3,(H,18,19). The summed E-state index contributed by atoms with van der Waals surface area (Å²) in [7, 11) is 0. The molecular weight excluding hydrogens is 288 g/mol. The highest BCUT2D eigenvalue weighted by Gasteiger charge is 2.23. The van der Waals surface area contributed by atoms with E-state index in [9.17, 15) is 0 Å². The van der Waals surface area contributed by atoms with Crippen molar-refractivity contribution >= 4 is 5.65 Å². The molecule has 0 amide bonds. The Morgan fingerprint density at radius 1 is 1.26 bits per heavy atom. The molecule has 0 bridgehead atoms. The highest BCUT2D eigenvalue weighted by molar-refractivity contribution is 5.39. The summed E-state index contributed by atoms with van der Waals surface area (Å²) in [6.07, 6.45) is 5.90. The van der Waals surface area contributed by atoms with Crippen molar-refractivity contribution in [1.29, 1.82) is 0 Å². The SMILES string of the molecule is Cc1[nH]cnc1CN1CCC(c2cc(C)n3nccc3n2)CC1. The van der Waals surface area contributed by atoms with Gasteiger partial charge in [0.1, 0.15) is 0 Å². The molecule has 1 aliphatic heterocycles. The van der Waals surface area contributed by atoms with E-state index in [2.05, 4.69) is 39.9 Å². The van der Waals surface area contributed by atoms with E-state index in [4.69, 9.17) is 4.98 Å². The van der Waals surface area contributed by atoms with Crippen LogP contribution in [-0.4, -0.2) is 42.6 Å². The van der Waals surface area contributed by atoms with Crippen LogP contribution in [-0.2, 0) is 6.54 Å². The van der Waals surface area contributed by atoms with Gasteiger partial charge in [-0.15, -0.1) is 0 Å². The lowest BCUT2D eigenvalue weighted by molar-refractivity contribution is 0.201. The first kappa shape index (κ1) is 14.4. The number of nitrogens with zero attached hydrogens (tertiary/aromatic N) is 5. The van der Waals surface area contributed by atoms with Crippen LogP contribution in [0.1, 0.15) is 41.5 Å². The van der Waals surface area contributed by atoms with Crippen LogP contribution in [0.4, 0.5) is 0 Å². The molecule has 6 nitrogen and oxygen atoms in total. The van der Waals surface area contributed by atoms with Crippen molar-refractivity contribution in [3.05, 3.63) is 47.4 Å². The number of rotatable bonds is 3. The molecule has 4 rings (SSSR count). The number of nitrogens with one attached hydrogen (secondary N) is 1. The number of aromatic amines is 1. The Kier molecular flexibility index (Phi) is 3.61. The Hall–Kier alpha value is -2.21. The second-order valence-corrected chi connectivity index (χ2v) is 6.45. The monoisotopic (exact) mass is 310 g/mol. The van der Waals surface area contributed by atoms with Crippen LogP contribution in [0.5, 0.6) is 0 Å². The van der Waals surface area contributed by atoms with E-state index in [1.807, 2.05) is 16.8 Å². The smallest absolute Gasteiger partial charge is 0.155 e. The van der Waals surface area contributed by atoms with Crippen molar-refractivity contribution in [2.24, 2.45) is 0 Å². The Labute approximate surface area is 135 Å². The first-order chi connectivity index (χ1) is 11.2. The maximum absolute atomic E-state index is 4.80. The molecule has 23 heavy (non-hydrogen) atoms. The third kappa shape index (κ3) is 2.74. The second kappa shape index (κ2) is 5.77. The van der Waals surface area contributed by atoms with Crippen LogP contribution in [0.3, 0.4) is 0 Å². The van der Waals surface area contributed by atoms with Crippen LogP contribution in [0.2, 0.25) is 0 Å². The Bertz CT molecular complexity index is 809. The Morgan fingerprint density at radius 2 is 2.09 bits per heavy atom. The number of likely N-dealkylation sites (tertiary alicyclic amines) is 1. The van der Waals surface area contributed by atoms with Crippen molar-refractivity contribution in [3.8, 4) is 0 Å². The molecule has 0 radical (unpaired) electrons. The minimum atomic E-state index is 0.546. The predicted molar refractivity (Wildman–Crippen MR) is 88.3 cm³/mol. The molecule has 1 fully saturated rings. The van der Waals surface area contributed by atoms with Crippen LogP contribution >= 0.6 is 0 Å². The lowest BCUT2D eigenvalue weighted by Crippen LogP contribution is -2.33. The van der Waals surface area contributed by atoms with Crippen LogP contribution < -0.4 is 0 Å². The summed E-state index contributed by atoms with van der Waals surface area (Å²) in [5.74, 6) is 0.546. The first-order valence-electron chi connectivity index (χ1n) is 8.23. The van der Waals surface area contributed by atoms with E-state index in [1.54, 1.807) is 6.33 Å². The van der Waals surface area contributed by atoms with Gasteiger partial charge in [-0.25, -0.2) is 14.5 Å². The minimum absolute atomic E-state index is 0.546. The van der Waals surface area contributed by atoms with Crippen molar-refractivity contribution < 1.29 is 0 Å². The third-order valence-corrected chi connectivity index (χ3v) is 4.87. The van der Waals surface area contributed by atoms with Gasteiger partial charge in [-0.3, -0.25) is 4.90 Å². The zero-order valence-electron chi connectivity index (χ0n) is 13.7. The lowest BCUT2D eigenvalue weighted by atomic mass is 9.93. The zero-order chi connectivity index (χ0) is 15.8. The van der Waals surface area contributed by atoms with Gasteiger partial charge in [0, 0.05) is 35.6 Å². The molecule has 0 aromatic carbocycles. The van der Waals surface area contributed by atoms with Crippen LogP contribution in [0.25, 0.3) is 5.65 Å². The summed E-state index contributed by atoms with van der Waals surface area (Å²) in [6, 6.07) is 4.17. The molecule has 0 atom stereocenters. The number of imidazole rings is 1. The van der Waals surface area contributed by atoms with Crippen molar-refractivity contribution in [3.63, 3.8) is 0 Å². The fraction of sp³-hybridized carbons (Fsp3) is 0.471. The first-order valence-corrected chi connectivity index (χ1v) is 8.23. The Balaban J connectivity index is 1.45. The fourth-order valence-corrected chi connectivity index (χ4v) is 3.45. The topological polar surface area (TPSA) is 62.1 Å². The average molecular weight is 310 g/mol. The van der Waals surface area contributed by atoms with Crippen LogP contribution in [0.15, 0.2) is 24.7 Å². The molecule has 1 aliphatic rings. The zero-order valence-corrected chi connectivity index (χ0v) is 13.7. The summed E-state index contributed by atoms with van der Waals surface area (Å²) >= 11 is 0.